The van der Waals surface area contributed by atoms with Crippen LogP contribution in [0.2, 0.25) is 0 Å². The van der Waals surface area contributed by atoms with Crippen molar-refractivity contribution in [2.45, 2.75) is 19.8 Å². The molecule has 0 aliphatic heterocycles. The van der Waals surface area contributed by atoms with Crippen LogP contribution in [-0.2, 0) is 11.2 Å². The van der Waals surface area contributed by atoms with Gasteiger partial charge in [-0.25, -0.2) is 4.79 Å². The van der Waals surface area contributed by atoms with Crippen molar-refractivity contribution in [3.63, 3.8) is 0 Å². The molecule has 6 heteroatoms. The molecule has 0 aromatic heterocycles. The van der Waals surface area contributed by atoms with Gasteiger partial charge in [0.1, 0.15) is 11.5 Å². The molecular formula is C20H23NO5. The summed E-state index contributed by atoms with van der Waals surface area (Å²) in [5.74, 6) is 0.219. The number of aromatic carboxylic acids is 1. The number of ether oxygens (including phenoxy) is 2. The van der Waals surface area contributed by atoms with E-state index in [1.54, 1.807) is 36.4 Å². The van der Waals surface area contributed by atoms with Crippen molar-refractivity contribution in [1.29, 1.82) is 0 Å². The van der Waals surface area contributed by atoms with E-state index >= 15 is 0 Å². The van der Waals surface area contributed by atoms with E-state index in [1.165, 1.54) is 0 Å². The van der Waals surface area contributed by atoms with Gasteiger partial charge in [0.15, 0.2) is 6.61 Å². The van der Waals surface area contributed by atoms with Gasteiger partial charge < -0.3 is 19.9 Å². The summed E-state index contributed by atoms with van der Waals surface area (Å²) in [5.41, 5.74) is 1.20. The highest BCUT2D eigenvalue weighted by Crippen LogP contribution is 2.17. The van der Waals surface area contributed by atoms with Gasteiger partial charge in [-0.05, 0) is 54.8 Å². The second-order valence-corrected chi connectivity index (χ2v) is 5.71. The fraction of sp³-hybridized carbons (Fsp3) is 0.300. The summed E-state index contributed by atoms with van der Waals surface area (Å²) < 4.78 is 10.9. The second-order valence-electron chi connectivity index (χ2n) is 5.71. The maximum absolute atomic E-state index is 11.8. The number of amides is 1. The molecular weight excluding hydrogens is 334 g/mol. The minimum absolute atomic E-state index is 0.0624. The van der Waals surface area contributed by atoms with Crippen LogP contribution in [0.4, 0.5) is 0 Å². The summed E-state index contributed by atoms with van der Waals surface area (Å²) in [7, 11) is 0. The topological polar surface area (TPSA) is 84.9 Å². The van der Waals surface area contributed by atoms with Gasteiger partial charge in [-0.3, -0.25) is 4.79 Å². The molecule has 0 unspecified atom stereocenters. The average Bonchev–Trinajstić information content (AvgIpc) is 2.66. The summed E-state index contributed by atoms with van der Waals surface area (Å²) in [6.07, 6.45) is 1.57. The molecule has 2 aromatic carbocycles. The SMILES string of the molecule is CCCOc1ccc(OCC(=O)NCCc2ccc(C(=O)O)cc2)cc1. The number of benzene rings is 2. The van der Waals surface area contributed by atoms with Crippen molar-refractivity contribution in [3.05, 3.63) is 59.7 Å². The maximum atomic E-state index is 11.8. The number of nitrogens with one attached hydrogen (secondary N) is 1. The van der Waals surface area contributed by atoms with Crippen LogP contribution in [0.3, 0.4) is 0 Å². The third kappa shape index (κ3) is 6.47. The summed E-state index contributed by atoms with van der Waals surface area (Å²) in [5, 5.41) is 11.6. The van der Waals surface area contributed by atoms with Crippen molar-refractivity contribution in [1.82, 2.24) is 5.32 Å². The monoisotopic (exact) mass is 357 g/mol. The summed E-state index contributed by atoms with van der Waals surface area (Å²) in [4.78, 5) is 22.6. The van der Waals surface area contributed by atoms with E-state index in [-0.39, 0.29) is 18.1 Å². The van der Waals surface area contributed by atoms with Gasteiger partial charge in [0.05, 0.1) is 12.2 Å². The van der Waals surface area contributed by atoms with E-state index in [9.17, 15) is 9.59 Å². The van der Waals surface area contributed by atoms with E-state index in [1.807, 2.05) is 19.1 Å². The Morgan fingerprint density at radius 2 is 1.58 bits per heavy atom. The van der Waals surface area contributed by atoms with Crippen LogP contribution in [-0.4, -0.2) is 36.7 Å². The quantitative estimate of drug-likeness (QED) is 0.683. The molecule has 2 rings (SSSR count). The molecule has 2 aromatic rings. The number of carbonyl (C=O) groups excluding carboxylic acids is 1. The first-order valence-corrected chi connectivity index (χ1v) is 8.53. The minimum Gasteiger partial charge on any atom is -0.494 e. The van der Waals surface area contributed by atoms with Crippen molar-refractivity contribution in [2.24, 2.45) is 0 Å². The number of hydrogen-bond acceptors (Lipinski definition) is 4. The smallest absolute Gasteiger partial charge is 0.335 e. The predicted octanol–water partition coefficient (Wildman–Crippen LogP) is 2.91. The first kappa shape index (κ1) is 19.3. The van der Waals surface area contributed by atoms with Crippen LogP contribution in [0.25, 0.3) is 0 Å². The molecule has 2 N–H and O–H groups in total. The van der Waals surface area contributed by atoms with Gasteiger partial charge in [0.25, 0.3) is 5.91 Å². The van der Waals surface area contributed by atoms with Gasteiger partial charge in [-0.2, -0.15) is 0 Å². The van der Waals surface area contributed by atoms with Crippen LogP contribution >= 0.6 is 0 Å². The van der Waals surface area contributed by atoms with E-state index in [4.69, 9.17) is 14.6 Å². The zero-order chi connectivity index (χ0) is 18.8. The molecule has 0 aliphatic rings. The van der Waals surface area contributed by atoms with E-state index in [0.29, 0.717) is 25.3 Å². The molecule has 6 nitrogen and oxygen atoms in total. The first-order valence-electron chi connectivity index (χ1n) is 8.53. The molecule has 0 aliphatic carbocycles. The zero-order valence-electron chi connectivity index (χ0n) is 14.7. The van der Waals surface area contributed by atoms with Gasteiger partial charge in [-0.1, -0.05) is 19.1 Å². The van der Waals surface area contributed by atoms with E-state index in [0.717, 1.165) is 17.7 Å². The molecule has 0 saturated carbocycles. The first-order chi connectivity index (χ1) is 12.6. The second kappa shape index (κ2) is 10.1. The molecule has 0 saturated heterocycles. The number of carboxylic acid groups (broad SMARTS) is 1. The number of hydrogen-bond donors (Lipinski definition) is 2. The molecule has 0 spiro atoms. The fourth-order valence-corrected chi connectivity index (χ4v) is 2.21. The molecule has 0 heterocycles. The summed E-state index contributed by atoms with van der Waals surface area (Å²) >= 11 is 0. The third-order valence-electron chi connectivity index (χ3n) is 3.60. The maximum Gasteiger partial charge on any atom is 0.335 e. The van der Waals surface area contributed by atoms with Crippen molar-refractivity contribution in [2.75, 3.05) is 19.8 Å². The predicted molar refractivity (Wildman–Crippen MR) is 97.8 cm³/mol. The van der Waals surface area contributed by atoms with Crippen LogP contribution in [0.1, 0.15) is 29.3 Å². The number of carbonyl (C=O) groups is 2. The van der Waals surface area contributed by atoms with Crippen LogP contribution in [0, 0.1) is 0 Å². The lowest BCUT2D eigenvalue weighted by atomic mass is 10.1. The van der Waals surface area contributed by atoms with Crippen LogP contribution < -0.4 is 14.8 Å². The summed E-state index contributed by atoms with van der Waals surface area (Å²) in [6.45, 7) is 3.11. The van der Waals surface area contributed by atoms with Crippen LogP contribution in [0.5, 0.6) is 11.5 Å². The summed E-state index contributed by atoms with van der Waals surface area (Å²) in [6, 6.07) is 13.7. The van der Waals surface area contributed by atoms with Gasteiger partial charge in [-0.15, -0.1) is 0 Å². The van der Waals surface area contributed by atoms with Crippen molar-refractivity contribution in [3.8, 4) is 11.5 Å². The molecule has 0 fully saturated rings. The highest BCUT2D eigenvalue weighted by molar-refractivity contribution is 5.87. The Labute approximate surface area is 152 Å². The molecule has 0 atom stereocenters. The highest BCUT2D eigenvalue weighted by atomic mass is 16.5. The highest BCUT2D eigenvalue weighted by Gasteiger charge is 2.04. The molecule has 0 radical (unpaired) electrons. The Balaban J connectivity index is 1.67. The molecule has 0 bridgehead atoms. The van der Waals surface area contributed by atoms with E-state index < -0.39 is 5.97 Å². The normalized spacial score (nSPS) is 10.2. The van der Waals surface area contributed by atoms with Crippen molar-refractivity contribution >= 4 is 11.9 Å². The van der Waals surface area contributed by atoms with E-state index in [2.05, 4.69) is 5.32 Å². The Hall–Kier alpha value is -3.02. The fourth-order valence-electron chi connectivity index (χ4n) is 2.21. The molecule has 138 valence electrons. The van der Waals surface area contributed by atoms with Gasteiger partial charge in [0.2, 0.25) is 0 Å². The lowest BCUT2D eigenvalue weighted by molar-refractivity contribution is -0.123. The zero-order valence-corrected chi connectivity index (χ0v) is 14.7. The molecule has 1 amide bonds. The lowest BCUT2D eigenvalue weighted by Crippen LogP contribution is -2.30. The lowest BCUT2D eigenvalue weighted by Gasteiger charge is -2.09. The Morgan fingerprint density at radius 3 is 2.15 bits per heavy atom. The van der Waals surface area contributed by atoms with Crippen molar-refractivity contribution < 1.29 is 24.2 Å². The largest absolute Gasteiger partial charge is 0.494 e. The number of rotatable bonds is 10. The standard InChI is InChI=1S/C20H23NO5/c1-2-13-25-17-7-9-18(10-8-17)26-14-19(22)21-12-11-15-3-5-16(6-4-15)20(23)24/h3-10H,2,11-14H2,1H3,(H,21,22)(H,23,24). The molecule has 26 heavy (non-hydrogen) atoms. The van der Waals surface area contributed by atoms with Gasteiger partial charge >= 0.3 is 5.97 Å². The van der Waals surface area contributed by atoms with Gasteiger partial charge in [0, 0.05) is 6.54 Å². The average molecular weight is 357 g/mol. The third-order valence-corrected chi connectivity index (χ3v) is 3.60. The number of carboxylic acids is 1. The minimum atomic E-state index is -0.952. The Bertz CT molecular complexity index is 710. The Morgan fingerprint density at radius 1 is 0.962 bits per heavy atom. The van der Waals surface area contributed by atoms with Crippen LogP contribution in [0.15, 0.2) is 48.5 Å². The Kier molecular flexibility index (Phi) is 7.49.